The molecule has 0 amide bonds. The molecule has 7 nitrogen and oxygen atoms in total. The summed E-state index contributed by atoms with van der Waals surface area (Å²) in [4.78, 5) is 4.37. The first kappa shape index (κ1) is 22.4. The van der Waals surface area contributed by atoms with Gasteiger partial charge in [-0.1, -0.05) is 47.5 Å². The number of hydrogen-bond acceptors (Lipinski definition) is 5. The lowest BCUT2D eigenvalue weighted by Crippen LogP contribution is -2.20. The summed E-state index contributed by atoms with van der Waals surface area (Å²) in [7, 11) is -3.94. The molecule has 11 heteroatoms. The van der Waals surface area contributed by atoms with Gasteiger partial charge in [0, 0.05) is 15.7 Å². The van der Waals surface area contributed by atoms with Crippen LogP contribution in [0.4, 0.5) is 16.3 Å². The molecule has 2 heterocycles. The van der Waals surface area contributed by atoms with Crippen LogP contribution in [-0.4, -0.2) is 23.2 Å². The molecule has 5 rings (SSSR count). The number of aromatic nitrogens is 3. The number of hydrogen-bond donors (Lipinski definition) is 2. The van der Waals surface area contributed by atoms with Crippen LogP contribution in [0.5, 0.6) is 0 Å². The molecule has 3 aromatic carbocycles. The highest BCUT2D eigenvalue weighted by Gasteiger charge is 2.27. The molecule has 34 heavy (non-hydrogen) atoms. The fraction of sp³-hybridized carbons (Fsp3) is 0.0435. The Balaban J connectivity index is 1.53. The fourth-order valence-corrected chi connectivity index (χ4v) is 4.72. The molecule has 0 aliphatic carbocycles. The lowest BCUT2D eigenvalue weighted by Gasteiger charge is -2.24. The number of sulfonamides is 1. The number of anilines is 2. The lowest BCUT2D eigenvalue weighted by molar-refractivity contribution is 0.597. The second-order valence-electron chi connectivity index (χ2n) is 7.47. The van der Waals surface area contributed by atoms with Gasteiger partial charge in [-0.2, -0.15) is 4.98 Å². The van der Waals surface area contributed by atoms with E-state index in [-0.39, 0.29) is 16.7 Å². The summed E-state index contributed by atoms with van der Waals surface area (Å²) in [5, 5.41) is 8.56. The Morgan fingerprint density at radius 1 is 0.912 bits per heavy atom. The summed E-state index contributed by atoms with van der Waals surface area (Å²) >= 11 is 11.9. The second kappa shape index (κ2) is 8.75. The van der Waals surface area contributed by atoms with Crippen molar-refractivity contribution < 1.29 is 12.8 Å². The van der Waals surface area contributed by atoms with Crippen molar-refractivity contribution >= 4 is 50.8 Å². The number of rotatable bonds is 5. The molecule has 0 unspecified atom stereocenters. The first-order chi connectivity index (χ1) is 16.3. The van der Waals surface area contributed by atoms with Gasteiger partial charge in [0.2, 0.25) is 5.95 Å². The molecule has 1 aromatic heterocycles. The fourth-order valence-electron chi connectivity index (χ4n) is 3.52. The molecule has 1 aliphatic heterocycles. The molecule has 172 valence electrons. The van der Waals surface area contributed by atoms with Crippen LogP contribution in [0.25, 0.3) is 5.70 Å². The van der Waals surface area contributed by atoms with E-state index in [1.807, 2.05) is 18.2 Å². The van der Waals surface area contributed by atoms with Crippen LogP contribution in [0.3, 0.4) is 0 Å². The first-order valence-electron chi connectivity index (χ1n) is 10.0. The minimum atomic E-state index is -3.94. The Labute approximate surface area is 204 Å². The number of fused-ring (bicyclic) bond motifs is 1. The number of allylic oxidation sites excluding steroid dienone is 1. The van der Waals surface area contributed by atoms with Gasteiger partial charge in [0.25, 0.3) is 16.0 Å². The van der Waals surface area contributed by atoms with E-state index in [0.29, 0.717) is 16.0 Å². The molecule has 0 saturated heterocycles. The largest absolute Gasteiger partial charge is 0.324 e. The molecular weight excluding hydrogens is 500 g/mol. The first-order valence-corrected chi connectivity index (χ1v) is 12.3. The highest BCUT2D eigenvalue weighted by atomic mass is 35.5. The summed E-state index contributed by atoms with van der Waals surface area (Å²) in [5.41, 5.74) is 2.31. The highest BCUT2D eigenvalue weighted by Crippen LogP contribution is 2.34. The van der Waals surface area contributed by atoms with Crippen molar-refractivity contribution in [2.24, 2.45) is 0 Å². The maximum atomic E-state index is 13.5. The highest BCUT2D eigenvalue weighted by molar-refractivity contribution is 7.92. The third kappa shape index (κ3) is 4.50. The average molecular weight is 516 g/mol. The van der Waals surface area contributed by atoms with Crippen LogP contribution in [-0.2, 0) is 10.0 Å². The van der Waals surface area contributed by atoms with E-state index in [4.69, 9.17) is 23.2 Å². The molecule has 0 fully saturated rings. The van der Waals surface area contributed by atoms with Gasteiger partial charge in [-0.25, -0.2) is 22.2 Å². The third-order valence-corrected chi connectivity index (χ3v) is 7.03. The van der Waals surface area contributed by atoms with Crippen LogP contribution < -0.4 is 10.0 Å². The maximum Gasteiger partial charge on any atom is 0.264 e. The number of nitrogens with one attached hydrogen (secondary N) is 2. The van der Waals surface area contributed by atoms with Gasteiger partial charge in [0.1, 0.15) is 11.9 Å². The molecule has 0 bridgehead atoms. The van der Waals surface area contributed by atoms with E-state index in [2.05, 4.69) is 20.1 Å². The average Bonchev–Trinajstić information content (AvgIpc) is 3.21. The van der Waals surface area contributed by atoms with Gasteiger partial charge < -0.3 is 5.32 Å². The van der Waals surface area contributed by atoms with Crippen LogP contribution >= 0.6 is 23.2 Å². The SMILES string of the molecule is O=S(=O)(Nc1nc2n(n1)[C@@H](c1ccc(F)cc1)C=C(c1ccc(Cl)cc1)N2)c1ccc(Cl)cc1. The van der Waals surface area contributed by atoms with E-state index < -0.39 is 16.1 Å². The summed E-state index contributed by atoms with van der Waals surface area (Å²) in [5.74, 6) is -0.166. The van der Waals surface area contributed by atoms with Crippen molar-refractivity contribution in [2.75, 3.05) is 10.0 Å². The van der Waals surface area contributed by atoms with Crippen LogP contribution in [0, 0.1) is 5.82 Å². The molecule has 1 atom stereocenters. The Morgan fingerprint density at radius 3 is 2.18 bits per heavy atom. The topological polar surface area (TPSA) is 88.9 Å². The summed E-state index contributed by atoms with van der Waals surface area (Å²) in [6.07, 6.45) is 1.90. The van der Waals surface area contributed by atoms with E-state index in [1.165, 1.54) is 41.1 Å². The molecule has 0 spiro atoms. The van der Waals surface area contributed by atoms with E-state index >= 15 is 0 Å². The predicted molar refractivity (Wildman–Crippen MR) is 130 cm³/mol. The van der Waals surface area contributed by atoms with Gasteiger partial charge in [-0.05, 0) is 65.7 Å². The maximum absolute atomic E-state index is 13.5. The van der Waals surface area contributed by atoms with E-state index in [1.54, 1.807) is 24.3 Å². The standard InChI is InChI=1S/C23H16Cl2FN5O2S/c24-16-5-1-14(2-6-16)20-13-21(15-3-9-18(26)10-4-15)31-23(27-20)28-22(29-31)30-34(32,33)19-11-7-17(25)8-12-19/h1-13,21H,(H2,27,28,29,30)/t21-/m1/s1. The minimum Gasteiger partial charge on any atom is -0.324 e. The van der Waals surface area contributed by atoms with E-state index in [0.717, 1.165) is 16.8 Å². The lowest BCUT2D eigenvalue weighted by atomic mass is 10.0. The molecular formula is C23H16Cl2FN5O2S. The molecule has 4 aromatic rings. The smallest absolute Gasteiger partial charge is 0.264 e. The number of benzene rings is 3. The molecule has 1 aliphatic rings. The Morgan fingerprint density at radius 2 is 1.53 bits per heavy atom. The van der Waals surface area contributed by atoms with Gasteiger partial charge in [-0.3, -0.25) is 0 Å². The molecule has 0 saturated carbocycles. The van der Waals surface area contributed by atoms with Gasteiger partial charge in [0.15, 0.2) is 0 Å². The molecule has 2 N–H and O–H groups in total. The van der Waals surface area contributed by atoms with Gasteiger partial charge in [0.05, 0.1) is 4.90 Å². The third-order valence-electron chi connectivity index (χ3n) is 5.18. The predicted octanol–water partition coefficient (Wildman–Crippen LogP) is 5.58. The monoisotopic (exact) mass is 515 g/mol. The van der Waals surface area contributed by atoms with Crippen molar-refractivity contribution in [1.82, 2.24) is 14.8 Å². The zero-order valence-corrected chi connectivity index (χ0v) is 19.6. The summed E-state index contributed by atoms with van der Waals surface area (Å²) < 4.78 is 43.1. The van der Waals surface area contributed by atoms with Crippen molar-refractivity contribution in [3.05, 3.63) is 106 Å². The quantitative estimate of drug-likeness (QED) is 0.362. The molecule has 0 radical (unpaired) electrons. The Kier molecular flexibility index (Phi) is 5.76. The summed E-state index contributed by atoms with van der Waals surface area (Å²) in [6, 6.07) is 18.5. The zero-order chi connectivity index (χ0) is 23.9. The Bertz CT molecular complexity index is 1490. The number of halogens is 3. The van der Waals surface area contributed by atoms with Crippen molar-refractivity contribution in [3.8, 4) is 0 Å². The van der Waals surface area contributed by atoms with Crippen molar-refractivity contribution in [3.63, 3.8) is 0 Å². The second-order valence-corrected chi connectivity index (χ2v) is 10.0. The normalized spacial score (nSPS) is 15.3. The minimum absolute atomic E-state index is 0.0210. The van der Waals surface area contributed by atoms with Crippen molar-refractivity contribution in [1.29, 1.82) is 0 Å². The van der Waals surface area contributed by atoms with Crippen LogP contribution in [0.1, 0.15) is 17.2 Å². The summed E-state index contributed by atoms with van der Waals surface area (Å²) in [6.45, 7) is 0. The zero-order valence-electron chi connectivity index (χ0n) is 17.3. The van der Waals surface area contributed by atoms with Crippen LogP contribution in [0.15, 0.2) is 83.8 Å². The van der Waals surface area contributed by atoms with Gasteiger partial charge >= 0.3 is 0 Å². The Hall–Kier alpha value is -3.40. The van der Waals surface area contributed by atoms with Crippen molar-refractivity contribution in [2.45, 2.75) is 10.9 Å². The van der Waals surface area contributed by atoms with E-state index in [9.17, 15) is 12.8 Å². The number of nitrogens with zero attached hydrogens (tertiary/aromatic N) is 3. The van der Waals surface area contributed by atoms with Gasteiger partial charge in [-0.15, -0.1) is 5.10 Å². The van der Waals surface area contributed by atoms with Crippen LogP contribution in [0.2, 0.25) is 10.0 Å².